The molecule has 0 N–H and O–H groups in total. The van der Waals surface area contributed by atoms with Gasteiger partial charge in [0.15, 0.2) is 0 Å². The van der Waals surface area contributed by atoms with E-state index in [0.717, 1.165) is 28.2 Å². The van der Waals surface area contributed by atoms with E-state index in [1.54, 1.807) is 30.3 Å². The highest BCUT2D eigenvalue weighted by molar-refractivity contribution is 5.94. The number of benzene rings is 2. The molecular weight excluding hydrogens is 426 g/mol. The molecule has 0 saturated carbocycles. The Hall–Kier alpha value is -4.39. The first kappa shape index (κ1) is 21.5. The van der Waals surface area contributed by atoms with Crippen molar-refractivity contribution < 1.29 is 9.53 Å². The summed E-state index contributed by atoms with van der Waals surface area (Å²) in [7, 11) is 1.79. The van der Waals surface area contributed by atoms with Crippen LogP contribution in [0.3, 0.4) is 0 Å². The molecule has 0 aliphatic rings. The van der Waals surface area contributed by atoms with Crippen LogP contribution in [0.2, 0.25) is 0 Å². The van der Waals surface area contributed by atoms with Crippen molar-refractivity contribution in [3.63, 3.8) is 0 Å². The van der Waals surface area contributed by atoms with Gasteiger partial charge < -0.3 is 14.0 Å². The largest absolute Gasteiger partial charge is 0.487 e. The second kappa shape index (κ2) is 9.23. The maximum absolute atomic E-state index is 13.0. The Kier molecular flexibility index (Phi) is 5.82. The minimum absolute atomic E-state index is 0.0822. The van der Waals surface area contributed by atoms with Crippen LogP contribution in [0, 0.1) is 6.92 Å². The highest BCUT2D eigenvalue weighted by Crippen LogP contribution is 2.18. The summed E-state index contributed by atoms with van der Waals surface area (Å²) in [5, 5.41) is 4.41. The number of amides is 1. The monoisotopic (exact) mass is 451 g/mol. The lowest BCUT2D eigenvalue weighted by Gasteiger charge is -2.16. The third kappa shape index (κ3) is 4.54. The number of rotatable bonds is 7. The van der Waals surface area contributed by atoms with Crippen LogP contribution in [0.25, 0.3) is 11.3 Å². The molecule has 0 spiro atoms. The van der Waals surface area contributed by atoms with Gasteiger partial charge in [-0.1, -0.05) is 30.3 Å². The van der Waals surface area contributed by atoms with Crippen LogP contribution >= 0.6 is 0 Å². The van der Waals surface area contributed by atoms with Crippen molar-refractivity contribution in [2.45, 2.75) is 20.1 Å². The second-order valence-corrected chi connectivity index (χ2v) is 8.26. The summed E-state index contributed by atoms with van der Waals surface area (Å²) in [6.45, 7) is 2.82. The molecule has 0 bridgehead atoms. The first-order valence-electron chi connectivity index (χ1n) is 11.1. The first-order chi connectivity index (χ1) is 16.6. The average Bonchev–Trinajstić information content (AvgIpc) is 3.51. The van der Waals surface area contributed by atoms with E-state index in [4.69, 9.17) is 4.74 Å². The van der Waals surface area contributed by atoms with Crippen molar-refractivity contribution in [1.29, 1.82) is 0 Å². The normalized spacial score (nSPS) is 11.0. The van der Waals surface area contributed by atoms with Gasteiger partial charge in [0.25, 0.3) is 5.91 Å². The number of nitrogens with zero attached hydrogens (tertiary/aromatic N) is 5. The van der Waals surface area contributed by atoms with Gasteiger partial charge in [-0.3, -0.25) is 4.79 Å². The van der Waals surface area contributed by atoms with Gasteiger partial charge in [0.05, 0.1) is 17.6 Å². The quantitative estimate of drug-likeness (QED) is 0.360. The number of aromatic nitrogens is 4. The third-order valence-electron chi connectivity index (χ3n) is 5.62. The van der Waals surface area contributed by atoms with Gasteiger partial charge >= 0.3 is 0 Å². The predicted molar refractivity (Wildman–Crippen MR) is 130 cm³/mol. The number of pyridine rings is 1. The van der Waals surface area contributed by atoms with Crippen LogP contribution in [-0.2, 0) is 13.2 Å². The van der Waals surface area contributed by atoms with Crippen molar-refractivity contribution in [3.05, 3.63) is 114 Å². The zero-order valence-corrected chi connectivity index (χ0v) is 19.1. The van der Waals surface area contributed by atoms with E-state index < -0.39 is 0 Å². The van der Waals surface area contributed by atoms with Gasteiger partial charge in [0.1, 0.15) is 18.0 Å². The molecule has 170 valence electrons. The maximum Gasteiger partial charge on any atom is 0.254 e. The molecule has 3 aromatic heterocycles. The molecule has 0 aliphatic carbocycles. The minimum atomic E-state index is -0.0822. The molecule has 7 heteroatoms. The van der Waals surface area contributed by atoms with E-state index in [1.807, 2.05) is 89.2 Å². The Morgan fingerprint density at radius 2 is 1.88 bits per heavy atom. The number of hydrogen-bond acceptors (Lipinski definition) is 4. The van der Waals surface area contributed by atoms with Crippen molar-refractivity contribution in [1.82, 2.24) is 24.1 Å². The SMILES string of the molecule is Cc1cccn2cc(COc3cccc(C(=O)N(C)Cc4cnn(-c5ccccc5)c4)c3)nc12. The molecule has 5 aromatic rings. The molecule has 5 rings (SSSR count). The van der Waals surface area contributed by atoms with Gasteiger partial charge in [-0.15, -0.1) is 0 Å². The van der Waals surface area contributed by atoms with Crippen LogP contribution < -0.4 is 4.74 Å². The number of aryl methyl sites for hydroxylation is 1. The highest BCUT2D eigenvalue weighted by Gasteiger charge is 2.14. The number of imidazole rings is 1. The van der Waals surface area contributed by atoms with Crippen LogP contribution in [0.5, 0.6) is 5.75 Å². The lowest BCUT2D eigenvalue weighted by molar-refractivity contribution is 0.0784. The average molecular weight is 452 g/mol. The maximum atomic E-state index is 13.0. The molecule has 34 heavy (non-hydrogen) atoms. The standard InChI is InChI=1S/C27H25N5O2/c1-20-8-7-13-31-18-23(29-26(20)31)19-34-25-12-6-9-22(14-25)27(33)30(2)16-21-15-28-32(17-21)24-10-4-3-5-11-24/h3-15,17-18H,16,19H2,1-2H3. The van der Waals surface area contributed by atoms with Crippen LogP contribution in [0.4, 0.5) is 0 Å². The second-order valence-electron chi connectivity index (χ2n) is 8.26. The predicted octanol–water partition coefficient (Wildman–Crippen LogP) is 4.68. The highest BCUT2D eigenvalue weighted by atomic mass is 16.5. The van der Waals surface area contributed by atoms with Gasteiger partial charge in [-0.2, -0.15) is 5.10 Å². The zero-order chi connectivity index (χ0) is 23.5. The Bertz CT molecular complexity index is 1440. The van der Waals surface area contributed by atoms with E-state index >= 15 is 0 Å². The third-order valence-corrected chi connectivity index (χ3v) is 5.62. The number of fused-ring (bicyclic) bond motifs is 1. The number of carbonyl (C=O) groups is 1. The summed E-state index contributed by atoms with van der Waals surface area (Å²) in [5.41, 5.74) is 5.36. The molecule has 0 unspecified atom stereocenters. The summed E-state index contributed by atoms with van der Waals surface area (Å²) in [6.07, 6.45) is 7.65. The fourth-order valence-electron chi connectivity index (χ4n) is 3.88. The van der Waals surface area contributed by atoms with Gasteiger partial charge in [-0.25, -0.2) is 9.67 Å². The lowest BCUT2D eigenvalue weighted by atomic mass is 10.2. The Morgan fingerprint density at radius 3 is 2.71 bits per heavy atom. The molecule has 0 atom stereocenters. The van der Waals surface area contributed by atoms with Gasteiger partial charge in [0.2, 0.25) is 0 Å². The Balaban J connectivity index is 1.24. The van der Waals surface area contributed by atoms with E-state index in [0.29, 0.717) is 24.5 Å². The van der Waals surface area contributed by atoms with Crippen LogP contribution in [0.1, 0.15) is 27.2 Å². The summed E-state index contributed by atoms with van der Waals surface area (Å²) < 4.78 is 9.74. The number of carbonyl (C=O) groups excluding carboxylic acids is 1. The fraction of sp³-hybridized carbons (Fsp3) is 0.148. The van der Waals surface area contributed by atoms with E-state index in [9.17, 15) is 4.79 Å². The van der Waals surface area contributed by atoms with E-state index in [2.05, 4.69) is 10.1 Å². The van der Waals surface area contributed by atoms with Crippen molar-refractivity contribution >= 4 is 11.6 Å². The Morgan fingerprint density at radius 1 is 1.03 bits per heavy atom. The van der Waals surface area contributed by atoms with E-state index in [1.165, 1.54) is 0 Å². The molecular formula is C27H25N5O2. The zero-order valence-electron chi connectivity index (χ0n) is 19.1. The van der Waals surface area contributed by atoms with Crippen molar-refractivity contribution in [2.24, 2.45) is 0 Å². The lowest BCUT2D eigenvalue weighted by Crippen LogP contribution is -2.26. The topological polar surface area (TPSA) is 64.7 Å². The molecule has 7 nitrogen and oxygen atoms in total. The number of ether oxygens (including phenoxy) is 1. The van der Waals surface area contributed by atoms with Crippen molar-refractivity contribution in [2.75, 3.05) is 7.05 Å². The summed E-state index contributed by atoms with van der Waals surface area (Å²) in [5.74, 6) is 0.547. The number of para-hydroxylation sites is 1. The molecule has 1 amide bonds. The molecule has 0 saturated heterocycles. The van der Waals surface area contributed by atoms with Gasteiger partial charge in [-0.05, 0) is 48.9 Å². The van der Waals surface area contributed by atoms with Crippen LogP contribution in [-0.4, -0.2) is 37.0 Å². The molecule has 2 aromatic carbocycles. The van der Waals surface area contributed by atoms with E-state index in [-0.39, 0.29) is 5.91 Å². The first-order valence-corrected chi connectivity index (χ1v) is 11.1. The molecule has 0 fully saturated rings. The van der Waals surface area contributed by atoms with Gasteiger partial charge in [0, 0.05) is 43.3 Å². The summed E-state index contributed by atoms with van der Waals surface area (Å²) in [4.78, 5) is 19.4. The molecule has 0 aliphatic heterocycles. The van der Waals surface area contributed by atoms with Crippen molar-refractivity contribution in [3.8, 4) is 11.4 Å². The van der Waals surface area contributed by atoms with Crippen LogP contribution in [0.15, 0.2) is 91.5 Å². The summed E-state index contributed by atoms with van der Waals surface area (Å²) in [6, 6.07) is 21.2. The summed E-state index contributed by atoms with van der Waals surface area (Å²) >= 11 is 0. The Labute approximate surface area is 197 Å². The minimum Gasteiger partial charge on any atom is -0.487 e. The molecule has 0 radical (unpaired) electrons. The molecule has 3 heterocycles. The number of hydrogen-bond donors (Lipinski definition) is 0. The smallest absolute Gasteiger partial charge is 0.254 e. The fourth-order valence-corrected chi connectivity index (χ4v) is 3.88.